The zero-order valence-electron chi connectivity index (χ0n) is 11.6. The molecule has 0 amide bonds. The average Bonchev–Trinajstić information content (AvgIpc) is 2.94. The molecule has 22 heavy (non-hydrogen) atoms. The molecule has 3 N–H and O–H groups in total. The number of fused-ring (bicyclic) bond motifs is 1. The molecule has 0 aliphatic carbocycles. The van der Waals surface area contributed by atoms with Gasteiger partial charge in [-0.1, -0.05) is 5.16 Å². The molecule has 0 saturated heterocycles. The number of oxime groups is 1. The lowest BCUT2D eigenvalue weighted by Crippen LogP contribution is -2.03. The number of hydrogen-bond donors (Lipinski definition) is 2. The topological polar surface area (TPSA) is 98.4 Å². The Bertz CT molecular complexity index is 846. The third-order valence-corrected chi connectivity index (χ3v) is 2.98. The van der Waals surface area contributed by atoms with Gasteiger partial charge in [0.15, 0.2) is 11.6 Å². The van der Waals surface area contributed by atoms with E-state index >= 15 is 0 Å². The van der Waals surface area contributed by atoms with Crippen molar-refractivity contribution < 1.29 is 14.0 Å². The Hall–Kier alpha value is -3.16. The Morgan fingerprint density at radius 1 is 1.36 bits per heavy atom. The van der Waals surface area contributed by atoms with Gasteiger partial charge in [-0.05, 0) is 12.1 Å². The fourth-order valence-corrected chi connectivity index (χ4v) is 1.94. The summed E-state index contributed by atoms with van der Waals surface area (Å²) in [6.45, 7) is 0. The number of H-pyrrole nitrogens is 1. The van der Waals surface area contributed by atoms with Gasteiger partial charge in [0.05, 0.1) is 6.21 Å². The zero-order chi connectivity index (χ0) is 15.5. The monoisotopic (exact) mass is 301 g/mol. The number of benzene rings is 1. The number of halogens is 1. The summed E-state index contributed by atoms with van der Waals surface area (Å²) in [5.74, 6) is -0.268. The van der Waals surface area contributed by atoms with E-state index in [0.717, 1.165) is 5.39 Å². The maximum Gasteiger partial charge on any atom is 0.233 e. The van der Waals surface area contributed by atoms with E-state index in [-0.39, 0.29) is 17.4 Å². The van der Waals surface area contributed by atoms with Gasteiger partial charge in [-0.3, -0.25) is 0 Å². The molecule has 8 heteroatoms. The van der Waals surface area contributed by atoms with Crippen molar-refractivity contribution in [2.24, 2.45) is 5.16 Å². The third-order valence-electron chi connectivity index (χ3n) is 2.98. The molecule has 0 spiro atoms. The lowest BCUT2D eigenvalue weighted by Gasteiger charge is -2.09. The second-order valence-corrected chi connectivity index (χ2v) is 4.34. The van der Waals surface area contributed by atoms with Crippen LogP contribution in [-0.2, 0) is 4.84 Å². The van der Waals surface area contributed by atoms with E-state index in [4.69, 9.17) is 10.5 Å². The molecule has 0 aliphatic rings. The summed E-state index contributed by atoms with van der Waals surface area (Å²) >= 11 is 0. The van der Waals surface area contributed by atoms with Crippen LogP contribution < -0.4 is 10.5 Å². The molecule has 1 aromatic carbocycles. The second kappa shape index (κ2) is 5.68. The smallest absolute Gasteiger partial charge is 0.233 e. The van der Waals surface area contributed by atoms with Gasteiger partial charge in [0.25, 0.3) is 0 Å². The molecule has 3 rings (SSSR count). The first-order chi connectivity index (χ1) is 10.7. The van der Waals surface area contributed by atoms with Gasteiger partial charge in [-0.2, -0.15) is 0 Å². The van der Waals surface area contributed by atoms with Crippen LogP contribution in [0.25, 0.3) is 10.9 Å². The number of aromatic amines is 1. The number of nitrogens with one attached hydrogen (secondary N) is 1. The molecule has 0 bridgehead atoms. The summed E-state index contributed by atoms with van der Waals surface area (Å²) in [5.41, 5.74) is 6.73. The van der Waals surface area contributed by atoms with Crippen LogP contribution in [-0.4, -0.2) is 28.3 Å². The van der Waals surface area contributed by atoms with Crippen LogP contribution in [0.15, 0.2) is 35.9 Å². The first-order valence-electron chi connectivity index (χ1n) is 6.30. The SMILES string of the molecule is CO/N=C/c1c(N)ncnc1Oc1cc2cc[nH]c2cc1F. The lowest BCUT2D eigenvalue weighted by molar-refractivity contribution is 0.215. The highest BCUT2D eigenvalue weighted by atomic mass is 19.1. The molecule has 0 saturated carbocycles. The van der Waals surface area contributed by atoms with Crippen LogP contribution in [0, 0.1) is 5.82 Å². The minimum Gasteiger partial charge on any atom is -0.435 e. The molecule has 112 valence electrons. The van der Waals surface area contributed by atoms with E-state index in [1.54, 1.807) is 12.3 Å². The quantitative estimate of drug-likeness (QED) is 0.569. The maximum atomic E-state index is 14.1. The molecule has 7 nitrogen and oxygen atoms in total. The maximum absolute atomic E-state index is 14.1. The zero-order valence-corrected chi connectivity index (χ0v) is 11.6. The molecular formula is C14H12FN5O2. The van der Waals surface area contributed by atoms with Gasteiger partial charge in [-0.15, -0.1) is 0 Å². The number of nitrogens with two attached hydrogens (primary N) is 1. The molecule has 2 heterocycles. The predicted molar refractivity (Wildman–Crippen MR) is 79.4 cm³/mol. The number of rotatable bonds is 4. The molecule has 0 fully saturated rings. The summed E-state index contributed by atoms with van der Waals surface area (Å²) in [5, 5.41) is 4.42. The predicted octanol–water partition coefficient (Wildman–Crippen LogP) is 2.45. The number of hydrogen-bond acceptors (Lipinski definition) is 6. The Morgan fingerprint density at radius 2 is 2.23 bits per heavy atom. The Morgan fingerprint density at radius 3 is 3.05 bits per heavy atom. The third kappa shape index (κ3) is 2.53. The van der Waals surface area contributed by atoms with Crippen LogP contribution >= 0.6 is 0 Å². The number of ether oxygens (including phenoxy) is 1. The fourth-order valence-electron chi connectivity index (χ4n) is 1.94. The van der Waals surface area contributed by atoms with E-state index in [0.29, 0.717) is 11.1 Å². The minimum absolute atomic E-state index is 0.0252. The largest absolute Gasteiger partial charge is 0.435 e. The van der Waals surface area contributed by atoms with Crippen molar-refractivity contribution in [3.8, 4) is 11.6 Å². The van der Waals surface area contributed by atoms with Gasteiger partial charge in [0.1, 0.15) is 24.8 Å². The highest BCUT2D eigenvalue weighted by molar-refractivity contribution is 5.88. The van der Waals surface area contributed by atoms with Gasteiger partial charge in [-0.25, -0.2) is 14.4 Å². The molecule has 0 aliphatic heterocycles. The van der Waals surface area contributed by atoms with Gasteiger partial charge in [0, 0.05) is 23.2 Å². The van der Waals surface area contributed by atoms with Gasteiger partial charge < -0.3 is 20.3 Å². The average molecular weight is 301 g/mol. The molecule has 2 aromatic heterocycles. The van der Waals surface area contributed by atoms with E-state index in [1.165, 1.54) is 25.7 Å². The van der Waals surface area contributed by atoms with Crippen LogP contribution in [0.1, 0.15) is 5.56 Å². The number of anilines is 1. The minimum atomic E-state index is -0.526. The van der Waals surface area contributed by atoms with Crippen LogP contribution in [0.5, 0.6) is 11.6 Å². The number of aromatic nitrogens is 3. The molecule has 0 radical (unpaired) electrons. The number of nitrogens with zero attached hydrogens (tertiary/aromatic N) is 3. The van der Waals surface area contributed by atoms with Crippen LogP contribution in [0.4, 0.5) is 10.2 Å². The standard InChI is InChI=1S/C14H12FN5O2/c1-21-20-6-9-13(16)18-7-19-14(9)22-12-4-8-2-3-17-11(8)5-10(12)15/h2-7,17H,1H3,(H2,16,18,19)/b20-6+. The van der Waals surface area contributed by atoms with Crippen molar-refractivity contribution in [1.29, 1.82) is 0 Å². The summed E-state index contributed by atoms with van der Waals surface area (Å²) in [4.78, 5) is 15.3. The summed E-state index contributed by atoms with van der Waals surface area (Å²) in [6, 6.07) is 4.72. The first-order valence-corrected chi connectivity index (χ1v) is 6.30. The molecule has 0 unspecified atom stereocenters. The Labute approximate surface area is 124 Å². The fraction of sp³-hybridized carbons (Fsp3) is 0.0714. The summed E-state index contributed by atoms with van der Waals surface area (Å²) < 4.78 is 19.6. The van der Waals surface area contributed by atoms with Crippen molar-refractivity contribution in [2.45, 2.75) is 0 Å². The van der Waals surface area contributed by atoms with Gasteiger partial charge >= 0.3 is 0 Å². The number of nitrogen functional groups attached to an aromatic ring is 1. The highest BCUT2D eigenvalue weighted by Gasteiger charge is 2.13. The molecular weight excluding hydrogens is 289 g/mol. The van der Waals surface area contributed by atoms with Gasteiger partial charge in [0.2, 0.25) is 5.88 Å². The first kappa shape index (κ1) is 13.8. The summed E-state index contributed by atoms with van der Waals surface area (Å²) in [7, 11) is 1.39. The van der Waals surface area contributed by atoms with E-state index in [2.05, 4.69) is 24.9 Å². The van der Waals surface area contributed by atoms with Crippen molar-refractivity contribution in [3.05, 3.63) is 42.1 Å². The lowest BCUT2D eigenvalue weighted by atomic mass is 10.2. The highest BCUT2D eigenvalue weighted by Crippen LogP contribution is 2.29. The Kier molecular flexibility index (Phi) is 3.57. The Balaban J connectivity index is 2.02. The van der Waals surface area contributed by atoms with Crippen molar-refractivity contribution in [3.63, 3.8) is 0 Å². The van der Waals surface area contributed by atoms with Crippen LogP contribution in [0.3, 0.4) is 0 Å². The van der Waals surface area contributed by atoms with Crippen LogP contribution in [0.2, 0.25) is 0 Å². The molecule has 3 aromatic rings. The van der Waals surface area contributed by atoms with E-state index < -0.39 is 5.82 Å². The van der Waals surface area contributed by atoms with Crippen molar-refractivity contribution in [1.82, 2.24) is 15.0 Å². The molecule has 0 atom stereocenters. The second-order valence-electron chi connectivity index (χ2n) is 4.34. The van der Waals surface area contributed by atoms with E-state index in [1.807, 2.05) is 6.07 Å². The van der Waals surface area contributed by atoms with Crippen molar-refractivity contribution in [2.75, 3.05) is 12.8 Å². The summed E-state index contributed by atoms with van der Waals surface area (Å²) in [6.07, 6.45) is 4.24. The van der Waals surface area contributed by atoms with Crippen molar-refractivity contribution >= 4 is 22.9 Å². The van der Waals surface area contributed by atoms with E-state index in [9.17, 15) is 4.39 Å². The normalized spacial score (nSPS) is 11.2.